The quantitative estimate of drug-likeness (QED) is 0.291. The molecule has 158 valence electrons. The van der Waals surface area contributed by atoms with Crippen LogP contribution in [0.5, 0.6) is 11.5 Å². The van der Waals surface area contributed by atoms with Crippen molar-refractivity contribution in [2.45, 2.75) is 0 Å². The second-order valence-electron chi connectivity index (χ2n) is 6.81. The van der Waals surface area contributed by atoms with Crippen molar-refractivity contribution in [2.75, 3.05) is 5.48 Å². The third-order valence-corrected chi connectivity index (χ3v) is 4.58. The van der Waals surface area contributed by atoms with Crippen molar-refractivity contribution < 1.29 is 24.6 Å². The molecule has 8 nitrogen and oxygen atoms in total. The first kappa shape index (κ1) is 20.5. The molecule has 0 bridgehead atoms. The average Bonchev–Trinajstić information content (AvgIpc) is 2.81. The molecule has 4 aromatic rings. The fourth-order valence-electron chi connectivity index (χ4n) is 2.93. The molecule has 3 N–H and O–H groups in total. The molecule has 0 saturated heterocycles. The van der Waals surface area contributed by atoms with Crippen LogP contribution in [0.2, 0.25) is 0 Å². The molecule has 1 amide bonds. The van der Waals surface area contributed by atoms with Gasteiger partial charge in [-0.3, -0.25) is 4.79 Å². The van der Waals surface area contributed by atoms with Crippen LogP contribution >= 0.6 is 0 Å². The van der Waals surface area contributed by atoms with E-state index < -0.39 is 11.9 Å². The minimum Gasteiger partial charge on any atom is -0.508 e. The number of benzene rings is 4. The number of rotatable bonds is 5. The van der Waals surface area contributed by atoms with Crippen LogP contribution in [0.15, 0.2) is 95.2 Å². The molecule has 0 aromatic heterocycles. The van der Waals surface area contributed by atoms with Gasteiger partial charge in [-0.05, 0) is 59.3 Å². The monoisotopic (exact) mass is 427 g/mol. The number of azo groups is 1. The summed E-state index contributed by atoms with van der Waals surface area (Å²) in [5.74, 6) is -1.84. The number of carbonyl (C=O) groups is 2. The van der Waals surface area contributed by atoms with E-state index in [0.29, 0.717) is 16.9 Å². The normalized spacial score (nSPS) is 10.9. The zero-order valence-corrected chi connectivity index (χ0v) is 16.6. The van der Waals surface area contributed by atoms with Gasteiger partial charge >= 0.3 is 5.97 Å². The Hall–Kier alpha value is -4.72. The fraction of sp³-hybridized carbons (Fsp3) is 0. The predicted octanol–water partition coefficient (Wildman–Crippen LogP) is 5.36. The summed E-state index contributed by atoms with van der Waals surface area (Å²) in [6.07, 6.45) is 0. The second kappa shape index (κ2) is 8.97. The summed E-state index contributed by atoms with van der Waals surface area (Å²) < 4.78 is 0. The number of phenolic OH excluding ortho intramolecular Hbond substituents is 2. The molecular formula is C24H17N3O5. The van der Waals surface area contributed by atoms with Gasteiger partial charge in [-0.1, -0.05) is 30.3 Å². The standard InChI is InChI=1S/C24H17N3O5/c28-20-11-12-21(22(29)14-20)23(30)26-25-18-7-9-19(10-8-18)27-32-24(31)17-6-5-15-3-1-2-4-16(15)13-17/h1-14,27-29H. The van der Waals surface area contributed by atoms with Crippen LogP contribution < -0.4 is 5.48 Å². The maximum atomic E-state index is 12.3. The Labute approximate surface area is 182 Å². The first-order chi connectivity index (χ1) is 15.5. The first-order valence-electron chi connectivity index (χ1n) is 9.54. The van der Waals surface area contributed by atoms with Crippen molar-refractivity contribution in [1.82, 2.24) is 0 Å². The largest absolute Gasteiger partial charge is 0.508 e. The molecule has 0 aliphatic heterocycles. The molecule has 4 aromatic carbocycles. The van der Waals surface area contributed by atoms with Gasteiger partial charge in [0, 0.05) is 6.07 Å². The van der Waals surface area contributed by atoms with E-state index in [1.807, 2.05) is 30.3 Å². The molecule has 4 rings (SSSR count). The summed E-state index contributed by atoms with van der Waals surface area (Å²) in [4.78, 5) is 29.5. The fourth-order valence-corrected chi connectivity index (χ4v) is 2.93. The van der Waals surface area contributed by atoms with E-state index in [9.17, 15) is 19.8 Å². The van der Waals surface area contributed by atoms with Crippen LogP contribution in [0.4, 0.5) is 11.4 Å². The SMILES string of the molecule is O=C(ONc1ccc(N=NC(=O)c2ccc(O)cc2O)cc1)c1ccc2ccccc2c1. The maximum absolute atomic E-state index is 12.3. The highest BCUT2D eigenvalue weighted by Crippen LogP contribution is 2.24. The van der Waals surface area contributed by atoms with Crippen molar-refractivity contribution in [2.24, 2.45) is 10.2 Å². The number of fused-ring (bicyclic) bond motifs is 1. The molecule has 0 atom stereocenters. The van der Waals surface area contributed by atoms with Crippen LogP contribution in [0.25, 0.3) is 10.8 Å². The third-order valence-electron chi connectivity index (χ3n) is 4.58. The van der Waals surface area contributed by atoms with Gasteiger partial charge in [-0.2, -0.15) is 0 Å². The van der Waals surface area contributed by atoms with Crippen LogP contribution in [0, 0.1) is 0 Å². The molecule has 8 heteroatoms. The second-order valence-corrected chi connectivity index (χ2v) is 6.81. The van der Waals surface area contributed by atoms with E-state index >= 15 is 0 Å². The summed E-state index contributed by atoms with van der Waals surface area (Å²) in [7, 11) is 0. The Morgan fingerprint density at radius 3 is 2.31 bits per heavy atom. The zero-order valence-electron chi connectivity index (χ0n) is 16.6. The van der Waals surface area contributed by atoms with Gasteiger partial charge in [0.05, 0.1) is 22.5 Å². The van der Waals surface area contributed by atoms with Gasteiger partial charge < -0.3 is 15.1 Å². The lowest BCUT2D eigenvalue weighted by atomic mass is 10.1. The van der Waals surface area contributed by atoms with Crippen LogP contribution in [0.1, 0.15) is 20.7 Å². The van der Waals surface area contributed by atoms with Crippen molar-refractivity contribution in [3.8, 4) is 11.5 Å². The van der Waals surface area contributed by atoms with Crippen LogP contribution in [-0.4, -0.2) is 22.1 Å². The molecule has 0 spiro atoms. The highest BCUT2D eigenvalue weighted by Gasteiger charge is 2.11. The topological polar surface area (TPSA) is 121 Å². The zero-order chi connectivity index (χ0) is 22.5. The Bertz CT molecular complexity index is 1330. The van der Waals surface area contributed by atoms with Crippen molar-refractivity contribution in [1.29, 1.82) is 0 Å². The molecule has 0 aliphatic rings. The third kappa shape index (κ3) is 4.71. The Morgan fingerprint density at radius 2 is 1.56 bits per heavy atom. The van der Waals surface area contributed by atoms with Gasteiger partial charge in [0.1, 0.15) is 11.5 Å². The van der Waals surface area contributed by atoms with Gasteiger partial charge in [0.15, 0.2) is 0 Å². The van der Waals surface area contributed by atoms with Crippen molar-refractivity contribution >= 4 is 34.0 Å². The number of hydrogen-bond acceptors (Lipinski definition) is 7. The van der Waals surface area contributed by atoms with Crippen LogP contribution in [0.3, 0.4) is 0 Å². The number of carbonyl (C=O) groups excluding carboxylic acids is 2. The summed E-state index contributed by atoms with van der Waals surface area (Å²) >= 11 is 0. The summed E-state index contributed by atoms with van der Waals surface area (Å²) in [5, 5.41) is 28.3. The number of amides is 1. The van der Waals surface area contributed by atoms with E-state index in [0.717, 1.165) is 16.8 Å². The molecule has 0 saturated carbocycles. The summed E-state index contributed by atoms with van der Waals surface area (Å²) in [6, 6.07) is 22.9. The smallest absolute Gasteiger partial charge is 0.362 e. The van der Waals surface area contributed by atoms with Crippen molar-refractivity contribution in [3.05, 3.63) is 96.1 Å². The Kier molecular flexibility index (Phi) is 5.76. The number of nitrogens with zero attached hydrogens (tertiary/aromatic N) is 2. The van der Waals surface area contributed by atoms with Crippen molar-refractivity contribution in [3.63, 3.8) is 0 Å². The Balaban J connectivity index is 1.36. The van der Waals surface area contributed by atoms with Gasteiger partial charge in [0.25, 0.3) is 5.91 Å². The van der Waals surface area contributed by atoms with E-state index in [-0.39, 0.29) is 17.1 Å². The Morgan fingerprint density at radius 1 is 0.812 bits per heavy atom. The molecule has 0 aliphatic carbocycles. The number of aromatic hydroxyl groups is 2. The highest BCUT2D eigenvalue weighted by atomic mass is 16.7. The van der Waals surface area contributed by atoms with E-state index in [2.05, 4.69) is 15.7 Å². The molecular weight excluding hydrogens is 410 g/mol. The minimum atomic E-state index is -0.756. The number of phenols is 2. The minimum absolute atomic E-state index is 0.0783. The number of hydrogen-bond donors (Lipinski definition) is 3. The number of nitrogens with one attached hydrogen (secondary N) is 1. The van der Waals surface area contributed by atoms with Crippen LogP contribution in [-0.2, 0) is 4.84 Å². The maximum Gasteiger partial charge on any atom is 0.362 e. The van der Waals surface area contributed by atoms with E-state index in [1.54, 1.807) is 36.4 Å². The summed E-state index contributed by atoms with van der Waals surface area (Å²) in [6.45, 7) is 0. The molecule has 32 heavy (non-hydrogen) atoms. The lowest BCUT2D eigenvalue weighted by Gasteiger charge is -2.07. The molecule has 0 radical (unpaired) electrons. The summed E-state index contributed by atoms with van der Waals surface area (Å²) in [5.41, 5.74) is 3.79. The predicted molar refractivity (Wildman–Crippen MR) is 118 cm³/mol. The molecule has 0 fully saturated rings. The molecule has 0 unspecified atom stereocenters. The van der Waals surface area contributed by atoms with E-state index in [1.165, 1.54) is 12.1 Å². The van der Waals surface area contributed by atoms with Gasteiger partial charge in [0.2, 0.25) is 0 Å². The number of anilines is 1. The van der Waals surface area contributed by atoms with Gasteiger partial charge in [-0.15, -0.1) is 10.2 Å². The molecule has 0 heterocycles. The highest BCUT2D eigenvalue weighted by molar-refractivity contribution is 5.97. The van der Waals surface area contributed by atoms with E-state index in [4.69, 9.17) is 4.84 Å². The first-order valence-corrected chi connectivity index (χ1v) is 9.54. The average molecular weight is 427 g/mol. The lowest BCUT2D eigenvalue weighted by molar-refractivity contribution is 0.0596. The van der Waals surface area contributed by atoms with Gasteiger partial charge in [-0.25, -0.2) is 10.3 Å². The lowest BCUT2D eigenvalue weighted by Crippen LogP contribution is -2.10.